The van der Waals surface area contributed by atoms with Crippen LogP contribution in [0.4, 0.5) is 10.1 Å². The third kappa shape index (κ3) is 3.26. The van der Waals surface area contributed by atoms with E-state index in [1.165, 1.54) is 0 Å². The SMILES string of the molecule is FC1=CCC(c2cc3c(NCc4ccco4)cc(Cl)nn3c2Cl)CC1. The van der Waals surface area contributed by atoms with Gasteiger partial charge in [0, 0.05) is 6.07 Å². The number of hydrogen-bond donors (Lipinski definition) is 1. The summed E-state index contributed by atoms with van der Waals surface area (Å²) in [6, 6.07) is 7.51. The largest absolute Gasteiger partial charge is 0.467 e. The molecular formula is C18H16Cl2FN3O. The van der Waals surface area contributed by atoms with E-state index in [-0.39, 0.29) is 11.7 Å². The maximum Gasteiger partial charge on any atom is 0.152 e. The van der Waals surface area contributed by atoms with Crippen molar-refractivity contribution < 1.29 is 8.81 Å². The van der Waals surface area contributed by atoms with Gasteiger partial charge in [0.2, 0.25) is 0 Å². The van der Waals surface area contributed by atoms with E-state index in [0.29, 0.717) is 29.7 Å². The van der Waals surface area contributed by atoms with Gasteiger partial charge in [0.1, 0.15) is 10.9 Å². The van der Waals surface area contributed by atoms with Crippen LogP contribution in [0, 0.1) is 0 Å². The van der Waals surface area contributed by atoms with Crippen LogP contribution in [-0.2, 0) is 6.54 Å². The van der Waals surface area contributed by atoms with Gasteiger partial charge in [-0.15, -0.1) is 0 Å². The molecule has 0 radical (unpaired) electrons. The minimum absolute atomic E-state index is 0.0434. The van der Waals surface area contributed by atoms with Gasteiger partial charge < -0.3 is 9.73 Å². The van der Waals surface area contributed by atoms with E-state index in [9.17, 15) is 4.39 Å². The fourth-order valence-corrected chi connectivity index (χ4v) is 3.73. The van der Waals surface area contributed by atoms with E-state index in [2.05, 4.69) is 10.4 Å². The zero-order chi connectivity index (χ0) is 17.4. The van der Waals surface area contributed by atoms with Gasteiger partial charge in [0.05, 0.1) is 29.8 Å². The first kappa shape index (κ1) is 16.5. The van der Waals surface area contributed by atoms with E-state index in [0.717, 1.165) is 28.9 Å². The molecule has 7 heteroatoms. The van der Waals surface area contributed by atoms with Crippen LogP contribution in [0.1, 0.15) is 36.5 Å². The minimum Gasteiger partial charge on any atom is -0.467 e. The lowest BCUT2D eigenvalue weighted by atomic mass is 9.89. The molecule has 0 aliphatic heterocycles. The van der Waals surface area contributed by atoms with Crippen LogP contribution in [-0.4, -0.2) is 9.61 Å². The Bertz CT molecular complexity index is 934. The van der Waals surface area contributed by atoms with Gasteiger partial charge in [-0.25, -0.2) is 8.91 Å². The van der Waals surface area contributed by atoms with Gasteiger partial charge in [-0.3, -0.25) is 0 Å². The molecular weight excluding hydrogens is 364 g/mol. The summed E-state index contributed by atoms with van der Waals surface area (Å²) in [7, 11) is 0. The standard InChI is InChI=1S/C18H16Cl2FN3O/c19-17-9-15(22-10-13-2-1-7-25-13)16-8-14(18(20)24(16)23-17)11-3-5-12(21)6-4-11/h1-2,5,7-9,11,22H,3-4,6,10H2. The first-order chi connectivity index (χ1) is 12.1. The van der Waals surface area contributed by atoms with Crippen molar-refractivity contribution in [2.45, 2.75) is 31.7 Å². The summed E-state index contributed by atoms with van der Waals surface area (Å²) in [5, 5.41) is 8.49. The number of furan rings is 1. The van der Waals surface area contributed by atoms with Crippen molar-refractivity contribution >= 4 is 34.4 Å². The highest BCUT2D eigenvalue weighted by atomic mass is 35.5. The second-order valence-electron chi connectivity index (χ2n) is 6.12. The Kier molecular flexibility index (Phi) is 4.44. The van der Waals surface area contributed by atoms with Crippen molar-refractivity contribution in [1.29, 1.82) is 0 Å². The lowest BCUT2D eigenvalue weighted by Gasteiger charge is -2.18. The smallest absolute Gasteiger partial charge is 0.152 e. The second-order valence-corrected chi connectivity index (χ2v) is 6.87. The predicted molar refractivity (Wildman–Crippen MR) is 97.0 cm³/mol. The average Bonchev–Trinajstić information content (AvgIpc) is 3.23. The third-order valence-corrected chi connectivity index (χ3v) is 5.07. The van der Waals surface area contributed by atoms with Crippen molar-refractivity contribution in [1.82, 2.24) is 9.61 Å². The molecule has 3 aromatic heterocycles. The molecule has 4 rings (SSSR count). The number of nitrogens with one attached hydrogen (secondary N) is 1. The second kappa shape index (κ2) is 6.73. The number of halogens is 3. The number of aromatic nitrogens is 2. The molecule has 130 valence electrons. The summed E-state index contributed by atoms with van der Waals surface area (Å²) in [5.74, 6) is 0.959. The normalized spacial score (nSPS) is 17.7. The van der Waals surface area contributed by atoms with Crippen LogP contribution in [0.25, 0.3) is 5.52 Å². The molecule has 25 heavy (non-hydrogen) atoms. The molecule has 3 aromatic rings. The van der Waals surface area contributed by atoms with Crippen LogP contribution < -0.4 is 5.32 Å². The van der Waals surface area contributed by atoms with Crippen LogP contribution in [0.5, 0.6) is 0 Å². The van der Waals surface area contributed by atoms with E-state index < -0.39 is 0 Å². The average molecular weight is 380 g/mol. The Labute approximate surface area is 154 Å². The highest BCUT2D eigenvalue weighted by molar-refractivity contribution is 6.31. The van der Waals surface area contributed by atoms with Crippen LogP contribution in [0.15, 0.2) is 46.8 Å². The summed E-state index contributed by atoms with van der Waals surface area (Å²) in [6.45, 7) is 0.526. The van der Waals surface area contributed by atoms with Gasteiger partial charge in [0.15, 0.2) is 5.15 Å². The van der Waals surface area contributed by atoms with Crippen molar-refractivity contribution in [2.75, 3.05) is 5.32 Å². The minimum atomic E-state index is -0.0434. The van der Waals surface area contributed by atoms with E-state index in [1.54, 1.807) is 22.9 Å². The van der Waals surface area contributed by atoms with E-state index in [4.69, 9.17) is 27.6 Å². The number of fused-ring (bicyclic) bond motifs is 1. The first-order valence-corrected chi connectivity index (χ1v) is 8.86. The number of anilines is 1. The summed E-state index contributed by atoms with van der Waals surface area (Å²) in [5.41, 5.74) is 2.63. The number of nitrogens with zero attached hydrogens (tertiary/aromatic N) is 2. The van der Waals surface area contributed by atoms with Gasteiger partial charge in [-0.2, -0.15) is 5.10 Å². The molecule has 0 bridgehead atoms. The summed E-state index contributed by atoms with van der Waals surface area (Å²) in [4.78, 5) is 0. The summed E-state index contributed by atoms with van der Waals surface area (Å²) < 4.78 is 20.3. The molecule has 1 aliphatic carbocycles. The highest BCUT2D eigenvalue weighted by Gasteiger charge is 2.23. The summed E-state index contributed by atoms with van der Waals surface area (Å²) in [6.07, 6.45) is 5.11. The van der Waals surface area contributed by atoms with Crippen molar-refractivity contribution in [3.8, 4) is 0 Å². The molecule has 1 N–H and O–H groups in total. The zero-order valence-electron chi connectivity index (χ0n) is 13.3. The number of allylic oxidation sites excluding steroid dienone is 2. The Balaban J connectivity index is 1.70. The molecule has 0 aromatic carbocycles. The van der Waals surface area contributed by atoms with Gasteiger partial charge in [0.25, 0.3) is 0 Å². The topological polar surface area (TPSA) is 42.5 Å². The maximum absolute atomic E-state index is 13.3. The lowest BCUT2D eigenvalue weighted by Crippen LogP contribution is -2.03. The molecule has 4 nitrogen and oxygen atoms in total. The Morgan fingerprint density at radius 1 is 1.36 bits per heavy atom. The predicted octanol–water partition coefficient (Wildman–Crippen LogP) is 5.97. The Morgan fingerprint density at radius 2 is 2.24 bits per heavy atom. The quantitative estimate of drug-likeness (QED) is 0.607. The monoisotopic (exact) mass is 379 g/mol. The molecule has 0 fully saturated rings. The molecule has 0 saturated carbocycles. The molecule has 3 heterocycles. The Morgan fingerprint density at radius 3 is 2.96 bits per heavy atom. The number of hydrogen-bond acceptors (Lipinski definition) is 3. The zero-order valence-corrected chi connectivity index (χ0v) is 14.8. The van der Waals surface area contributed by atoms with Crippen LogP contribution in [0.2, 0.25) is 10.3 Å². The number of rotatable bonds is 4. The molecule has 1 aliphatic rings. The molecule has 1 atom stereocenters. The van der Waals surface area contributed by atoms with Crippen molar-refractivity contribution in [3.63, 3.8) is 0 Å². The molecule has 0 spiro atoms. The maximum atomic E-state index is 13.3. The fourth-order valence-electron chi connectivity index (χ4n) is 3.21. The third-order valence-electron chi connectivity index (χ3n) is 4.51. The van der Waals surface area contributed by atoms with E-state index >= 15 is 0 Å². The molecule has 0 amide bonds. The fraction of sp³-hybridized carbons (Fsp3) is 0.278. The van der Waals surface area contributed by atoms with Crippen molar-refractivity contribution in [3.05, 3.63) is 64.1 Å². The van der Waals surface area contributed by atoms with Crippen LogP contribution in [0.3, 0.4) is 0 Å². The van der Waals surface area contributed by atoms with Crippen LogP contribution >= 0.6 is 23.2 Å². The van der Waals surface area contributed by atoms with Crippen molar-refractivity contribution in [2.24, 2.45) is 0 Å². The first-order valence-electron chi connectivity index (χ1n) is 8.10. The lowest BCUT2D eigenvalue weighted by molar-refractivity contribution is 0.497. The molecule has 0 saturated heterocycles. The molecule has 1 unspecified atom stereocenters. The van der Waals surface area contributed by atoms with Gasteiger partial charge in [-0.1, -0.05) is 29.3 Å². The van der Waals surface area contributed by atoms with Gasteiger partial charge in [-0.05, 0) is 48.9 Å². The van der Waals surface area contributed by atoms with E-state index in [1.807, 2.05) is 18.2 Å². The Hall–Kier alpha value is -1.98. The highest BCUT2D eigenvalue weighted by Crippen LogP contribution is 2.39. The van der Waals surface area contributed by atoms with Gasteiger partial charge >= 0.3 is 0 Å². The summed E-state index contributed by atoms with van der Waals surface area (Å²) >= 11 is 12.7.